The monoisotopic (exact) mass is 321 g/mol. The third kappa shape index (κ3) is 3.28. The van der Waals surface area contributed by atoms with Crippen LogP contribution in [0.5, 0.6) is 0 Å². The number of piperidine rings is 1. The number of rotatable bonds is 4. The van der Waals surface area contributed by atoms with Gasteiger partial charge in [0.15, 0.2) is 5.13 Å². The number of nitrogens with one attached hydrogen (secondary N) is 2. The molecule has 1 fully saturated rings. The molecule has 1 unspecified atom stereocenters. The van der Waals surface area contributed by atoms with Crippen LogP contribution in [0.3, 0.4) is 0 Å². The van der Waals surface area contributed by atoms with Crippen molar-refractivity contribution in [2.75, 3.05) is 19.0 Å². The molecule has 0 bridgehead atoms. The number of aromatic amines is 1. The van der Waals surface area contributed by atoms with Crippen molar-refractivity contribution < 1.29 is 9.53 Å². The first kappa shape index (κ1) is 15.0. The molecule has 1 atom stereocenters. The van der Waals surface area contributed by atoms with E-state index in [1.807, 2.05) is 16.5 Å². The van der Waals surface area contributed by atoms with Gasteiger partial charge in [0.25, 0.3) is 0 Å². The number of hydrogen-bond acceptors (Lipinski definition) is 5. The number of methoxy groups -OCH3 is 1. The van der Waals surface area contributed by atoms with Gasteiger partial charge in [0.05, 0.1) is 24.5 Å². The first-order valence-electron chi connectivity index (χ1n) is 7.27. The number of anilines is 1. The lowest BCUT2D eigenvalue weighted by Gasteiger charge is -2.34. The van der Waals surface area contributed by atoms with Crippen LogP contribution < -0.4 is 5.32 Å². The van der Waals surface area contributed by atoms with Gasteiger partial charge in [-0.15, -0.1) is 11.3 Å². The van der Waals surface area contributed by atoms with Gasteiger partial charge < -0.3 is 9.64 Å². The summed E-state index contributed by atoms with van der Waals surface area (Å²) in [5, 5.41) is 12.2. The van der Waals surface area contributed by atoms with Crippen LogP contribution in [0.25, 0.3) is 0 Å². The molecule has 0 saturated carbocycles. The van der Waals surface area contributed by atoms with Gasteiger partial charge in [-0.2, -0.15) is 5.10 Å². The largest absolute Gasteiger partial charge is 0.378 e. The summed E-state index contributed by atoms with van der Waals surface area (Å²) in [5.41, 5.74) is 1.88. The average molecular weight is 321 g/mol. The number of hydrogen-bond donors (Lipinski definition) is 2. The van der Waals surface area contributed by atoms with E-state index >= 15 is 0 Å². The van der Waals surface area contributed by atoms with Crippen LogP contribution in [0.15, 0.2) is 17.8 Å². The summed E-state index contributed by atoms with van der Waals surface area (Å²) in [4.78, 5) is 18.8. The normalized spacial score (nSPS) is 18.4. The molecule has 3 rings (SSSR count). The number of nitrogens with zero attached hydrogens (tertiary/aromatic N) is 3. The lowest BCUT2D eigenvalue weighted by atomic mass is 9.98. The lowest BCUT2D eigenvalue weighted by Crippen LogP contribution is -2.41. The number of urea groups is 1. The van der Waals surface area contributed by atoms with Crippen molar-refractivity contribution in [3.8, 4) is 0 Å². The summed E-state index contributed by atoms with van der Waals surface area (Å²) in [6, 6.07) is -0.0323. The number of likely N-dealkylation sites (tertiary alicyclic amines) is 1. The molecule has 0 aliphatic carbocycles. The summed E-state index contributed by atoms with van der Waals surface area (Å²) < 4.78 is 5.04. The number of aromatic nitrogens is 3. The second-order valence-corrected chi connectivity index (χ2v) is 6.10. The Labute approximate surface area is 132 Å². The summed E-state index contributed by atoms with van der Waals surface area (Å²) in [5.74, 6) is 0. The summed E-state index contributed by atoms with van der Waals surface area (Å²) in [7, 11) is 1.63. The Morgan fingerprint density at radius 1 is 1.59 bits per heavy atom. The van der Waals surface area contributed by atoms with Crippen molar-refractivity contribution in [3.63, 3.8) is 0 Å². The topological polar surface area (TPSA) is 83.1 Å². The average Bonchev–Trinajstić information content (AvgIpc) is 3.19. The molecule has 8 heteroatoms. The van der Waals surface area contributed by atoms with Gasteiger partial charge >= 0.3 is 6.03 Å². The molecule has 7 nitrogen and oxygen atoms in total. The number of amides is 2. The highest BCUT2D eigenvalue weighted by Gasteiger charge is 2.29. The zero-order valence-electron chi connectivity index (χ0n) is 12.4. The number of ether oxygens (including phenoxy) is 1. The molecule has 2 N–H and O–H groups in total. The minimum atomic E-state index is -0.107. The standard InChI is InChI=1S/C14H19N5O2S/c1-21-8-11-9-22-13(17-11)18-14(20)19-5-3-2-4-12(19)10-6-15-16-7-10/h6-7,9,12H,2-5,8H2,1H3,(H,15,16)(H,17,18,20). The third-order valence-electron chi connectivity index (χ3n) is 3.73. The molecule has 2 aromatic heterocycles. The van der Waals surface area contributed by atoms with Crippen LogP contribution in [0.1, 0.15) is 36.6 Å². The lowest BCUT2D eigenvalue weighted by molar-refractivity contribution is 0.163. The molecule has 0 radical (unpaired) electrons. The zero-order chi connectivity index (χ0) is 15.4. The first-order chi connectivity index (χ1) is 10.8. The minimum absolute atomic E-state index is 0.0749. The van der Waals surface area contributed by atoms with Gasteiger partial charge in [0.2, 0.25) is 0 Å². The summed E-state index contributed by atoms with van der Waals surface area (Å²) in [6.45, 7) is 1.20. The summed E-state index contributed by atoms with van der Waals surface area (Å²) in [6.07, 6.45) is 6.75. The number of H-pyrrole nitrogens is 1. The van der Waals surface area contributed by atoms with E-state index in [0.717, 1.165) is 37.1 Å². The Hall–Kier alpha value is -1.93. The van der Waals surface area contributed by atoms with Gasteiger partial charge in [0.1, 0.15) is 0 Å². The fourth-order valence-corrected chi connectivity index (χ4v) is 3.39. The molecular formula is C14H19N5O2S. The predicted octanol–water partition coefficient (Wildman–Crippen LogP) is 2.77. The van der Waals surface area contributed by atoms with Crippen molar-refractivity contribution in [3.05, 3.63) is 29.0 Å². The van der Waals surface area contributed by atoms with E-state index < -0.39 is 0 Å². The SMILES string of the molecule is COCc1csc(NC(=O)N2CCCCC2c2cn[nH]c2)n1. The first-order valence-corrected chi connectivity index (χ1v) is 8.15. The van der Waals surface area contributed by atoms with Crippen molar-refractivity contribution in [1.29, 1.82) is 0 Å². The molecule has 0 aromatic carbocycles. The smallest absolute Gasteiger partial charge is 0.324 e. The van der Waals surface area contributed by atoms with Crippen molar-refractivity contribution in [2.24, 2.45) is 0 Å². The Morgan fingerprint density at radius 2 is 2.50 bits per heavy atom. The van der Waals surface area contributed by atoms with E-state index in [2.05, 4.69) is 20.5 Å². The fourth-order valence-electron chi connectivity index (χ4n) is 2.71. The Bertz CT molecular complexity index is 613. The van der Waals surface area contributed by atoms with Gasteiger partial charge in [-0.1, -0.05) is 0 Å². The number of carbonyl (C=O) groups is 1. The third-order valence-corrected chi connectivity index (χ3v) is 4.53. The van der Waals surface area contributed by atoms with Crippen LogP contribution in [0.4, 0.5) is 9.93 Å². The van der Waals surface area contributed by atoms with Crippen molar-refractivity contribution >= 4 is 22.5 Å². The number of thiazole rings is 1. The van der Waals surface area contributed by atoms with Crippen LogP contribution >= 0.6 is 11.3 Å². The van der Waals surface area contributed by atoms with Crippen molar-refractivity contribution in [1.82, 2.24) is 20.1 Å². The molecule has 2 aromatic rings. The maximum Gasteiger partial charge on any atom is 0.324 e. The quantitative estimate of drug-likeness (QED) is 0.907. The number of carbonyl (C=O) groups excluding carboxylic acids is 1. The van der Waals surface area contributed by atoms with E-state index in [1.165, 1.54) is 11.3 Å². The second-order valence-electron chi connectivity index (χ2n) is 5.24. The van der Waals surface area contributed by atoms with Gasteiger partial charge in [-0.05, 0) is 19.3 Å². The van der Waals surface area contributed by atoms with Crippen molar-refractivity contribution in [2.45, 2.75) is 31.9 Å². The maximum atomic E-state index is 12.6. The molecule has 1 aliphatic heterocycles. The van der Waals surface area contributed by atoms with Gasteiger partial charge in [0, 0.05) is 30.8 Å². The van der Waals surface area contributed by atoms with Crippen LogP contribution in [0, 0.1) is 0 Å². The Kier molecular flexibility index (Phi) is 4.69. The minimum Gasteiger partial charge on any atom is -0.378 e. The molecule has 1 aliphatic rings. The maximum absolute atomic E-state index is 12.6. The van der Waals surface area contributed by atoms with Gasteiger partial charge in [-0.3, -0.25) is 10.4 Å². The molecule has 1 saturated heterocycles. The molecule has 0 spiro atoms. The zero-order valence-corrected chi connectivity index (χ0v) is 13.2. The molecule has 3 heterocycles. The predicted molar refractivity (Wildman–Crippen MR) is 83.7 cm³/mol. The van der Waals surface area contributed by atoms with E-state index in [-0.39, 0.29) is 12.1 Å². The fraction of sp³-hybridized carbons (Fsp3) is 0.500. The van der Waals surface area contributed by atoms with Crippen LogP contribution in [0.2, 0.25) is 0 Å². The highest BCUT2D eigenvalue weighted by Crippen LogP contribution is 2.31. The van der Waals surface area contributed by atoms with E-state index in [1.54, 1.807) is 13.3 Å². The van der Waals surface area contributed by atoms with E-state index in [9.17, 15) is 4.79 Å². The van der Waals surface area contributed by atoms with Gasteiger partial charge in [-0.25, -0.2) is 9.78 Å². The Morgan fingerprint density at radius 3 is 3.27 bits per heavy atom. The second kappa shape index (κ2) is 6.89. The van der Waals surface area contributed by atoms with Crippen LogP contribution in [-0.2, 0) is 11.3 Å². The van der Waals surface area contributed by atoms with Crippen LogP contribution in [-0.4, -0.2) is 39.8 Å². The van der Waals surface area contributed by atoms with E-state index in [0.29, 0.717) is 11.7 Å². The summed E-state index contributed by atoms with van der Waals surface area (Å²) >= 11 is 1.41. The molecular weight excluding hydrogens is 302 g/mol. The van der Waals surface area contributed by atoms with E-state index in [4.69, 9.17) is 4.74 Å². The Balaban J connectivity index is 1.69. The highest BCUT2D eigenvalue weighted by atomic mass is 32.1. The molecule has 118 valence electrons. The molecule has 22 heavy (non-hydrogen) atoms. The highest BCUT2D eigenvalue weighted by molar-refractivity contribution is 7.13. The molecule has 2 amide bonds.